The zero-order valence-electron chi connectivity index (χ0n) is 14.0. The fourth-order valence-corrected chi connectivity index (χ4v) is 2.98. The Morgan fingerprint density at radius 2 is 2.00 bits per heavy atom. The minimum atomic E-state index is -0.690. The molecular formula is C17H30N2O2. The van der Waals surface area contributed by atoms with Crippen LogP contribution in [0.25, 0.3) is 0 Å². The van der Waals surface area contributed by atoms with Crippen LogP contribution in [0, 0.1) is 28.1 Å². The van der Waals surface area contributed by atoms with Crippen molar-refractivity contribution >= 4 is 5.97 Å². The number of rotatable bonds is 7. The third-order valence-corrected chi connectivity index (χ3v) is 4.91. The second-order valence-electron chi connectivity index (χ2n) is 7.62. The number of carboxylic acids is 1. The molecular weight excluding hydrogens is 264 g/mol. The summed E-state index contributed by atoms with van der Waals surface area (Å²) >= 11 is 0. The Morgan fingerprint density at radius 1 is 1.33 bits per heavy atom. The highest BCUT2D eigenvalue weighted by molar-refractivity contribution is 5.74. The van der Waals surface area contributed by atoms with Crippen molar-refractivity contribution in [1.82, 2.24) is 4.90 Å². The van der Waals surface area contributed by atoms with Crippen LogP contribution < -0.4 is 0 Å². The number of nitrogens with zero attached hydrogens (tertiary/aromatic N) is 2. The normalized spacial score (nSPS) is 21.0. The van der Waals surface area contributed by atoms with Gasteiger partial charge in [0.1, 0.15) is 0 Å². The highest BCUT2D eigenvalue weighted by atomic mass is 16.4. The van der Waals surface area contributed by atoms with Gasteiger partial charge >= 0.3 is 5.97 Å². The van der Waals surface area contributed by atoms with Crippen molar-refractivity contribution in [3.05, 3.63) is 0 Å². The first-order valence-corrected chi connectivity index (χ1v) is 8.06. The van der Waals surface area contributed by atoms with E-state index < -0.39 is 11.4 Å². The lowest BCUT2D eigenvalue weighted by Crippen LogP contribution is -2.44. The monoisotopic (exact) mass is 294 g/mol. The van der Waals surface area contributed by atoms with Crippen molar-refractivity contribution in [2.75, 3.05) is 19.6 Å². The van der Waals surface area contributed by atoms with E-state index in [-0.39, 0.29) is 11.3 Å². The molecule has 1 aliphatic rings. The van der Waals surface area contributed by atoms with Crippen LogP contribution >= 0.6 is 0 Å². The number of hydrogen-bond donors (Lipinski definition) is 1. The Labute approximate surface area is 129 Å². The maximum atomic E-state index is 11.4. The highest BCUT2D eigenvalue weighted by Gasteiger charge is 2.38. The van der Waals surface area contributed by atoms with E-state index in [1.54, 1.807) is 0 Å². The van der Waals surface area contributed by atoms with Crippen LogP contribution in [0.5, 0.6) is 0 Å². The molecule has 1 atom stereocenters. The van der Waals surface area contributed by atoms with Crippen molar-refractivity contribution in [2.24, 2.45) is 16.7 Å². The fraction of sp³-hybridized carbons (Fsp3) is 0.882. The maximum absolute atomic E-state index is 11.4. The van der Waals surface area contributed by atoms with Crippen LogP contribution in [0.3, 0.4) is 0 Å². The molecule has 1 N–H and O–H groups in total. The first-order valence-electron chi connectivity index (χ1n) is 8.06. The van der Waals surface area contributed by atoms with Crippen LogP contribution in [-0.2, 0) is 4.79 Å². The Morgan fingerprint density at radius 3 is 2.57 bits per heavy atom. The number of nitriles is 1. The summed E-state index contributed by atoms with van der Waals surface area (Å²) in [5.74, 6) is -0.454. The minimum absolute atomic E-state index is 0.226. The average Bonchev–Trinajstić information content (AvgIpc) is 2.44. The van der Waals surface area contributed by atoms with Gasteiger partial charge in [-0.2, -0.15) is 5.26 Å². The Bertz CT molecular complexity index is 396. The average molecular weight is 294 g/mol. The molecule has 0 amide bonds. The molecule has 1 aliphatic heterocycles. The molecule has 1 saturated heterocycles. The summed E-state index contributed by atoms with van der Waals surface area (Å²) in [7, 11) is 0. The second kappa shape index (κ2) is 7.26. The van der Waals surface area contributed by atoms with E-state index in [0.717, 1.165) is 51.7 Å². The lowest BCUT2D eigenvalue weighted by atomic mass is 9.74. The first-order chi connectivity index (χ1) is 9.69. The number of carboxylic acid groups (broad SMARTS) is 1. The topological polar surface area (TPSA) is 64.3 Å². The molecule has 0 bridgehead atoms. The van der Waals surface area contributed by atoms with Crippen molar-refractivity contribution in [3.8, 4) is 6.07 Å². The summed E-state index contributed by atoms with van der Waals surface area (Å²) in [4.78, 5) is 13.8. The van der Waals surface area contributed by atoms with E-state index in [2.05, 4.69) is 11.0 Å². The fourth-order valence-electron chi connectivity index (χ4n) is 2.98. The zero-order valence-corrected chi connectivity index (χ0v) is 14.0. The number of aliphatic carboxylic acids is 1. The Balaban J connectivity index is 2.38. The van der Waals surface area contributed by atoms with Gasteiger partial charge < -0.3 is 10.0 Å². The molecule has 1 fully saturated rings. The summed E-state index contributed by atoms with van der Waals surface area (Å²) in [6.07, 6.45) is 5.18. The summed E-state index contributed by atoms with van der Waals surface area (Å²) in [5.41, 5.74) is -0.864. The molecule has 0 aromatic heterocycles. The van der Waals surface area contributed by atoms with Gasteiger partial charge in [0.05, 0.1) is 16.9 Å². The van der Waals surface area contributed by atoms with E-state index in [0.29, 0.717) is 0 Å². The molecule has 21 heavy (non-hydrogen) atoms. The molecule has 0 aliphatic carbocycles. The molecule has 0 saturated carbocycles. The van der Waals surface area contributed by atoms with Crippen molar-refractivity contribution < 1.29 is 9.90 Å². The largest absolute Gasteiger partial charge is 0.481 e. The van der Waals surface area contributed by atoms with Gasteiger partial charge in [0, 0.05) is 6.54 Å². The predicted molar refractivity (Wildman–Crippen MR) is 83.8 cm³/mol. The van der Waals surface area contributed by atoms with Gasteiger partial charge in [-0.25, -0.2) is 0 Å². The number of piperidine rings is 1. The predicted octanol–water partition coefficient (Wildman–Crippen LogP) is 3.53. The molecule has 0 aromatic carbocycles. The van der Waals surface area contributed by atoms with E-state index in [1.165, 1.54) is 0 Å². The van der Waals surface area contributed by atoms with Crippen molar-refractivity contribution in [1.29, 1.82) is 5.26 Å². The molecule has 0 radical (unpaired) electrons. The molecule has 1 unspecified atom stereocenters. The van der Waals surface area contributed by atoms with Crippen LogP contribution in [0.2, 0.25) is 0 Å². The summed E-state index contributed by atoms with van der Waals surface area (Å²) in [6, 6.07) is 2.34. The number of hydrogen-bond acceptors (Lipinski definition) is 3. The summed E-state index contributed by atoms with van der Waals surface area (Å²) < 4.78 is 0. The van der Waals surface area contributed by atoms with Crippen LogP contribution in [-0.4, -0.2) is 35.6 Å². The van der Waals surface area contributed by atoms with Gasteiger partial charge in [0.25, 0.3) is 0 Å². The van der Waals surface area contributed by atoms with Crippen molar-refractivity contribution in [3.63, 3.8) is 0 Å². The van der Waals surface area contributed by atoms with Gasteiger partial charge in [-0.3, -0.25) is 4.79 Å². The van der Waals surface area contributed by atoms with Gasteiger partial charge in [0.2, 0.25) is 0 Å². The van der Waals surface area contributed by atoms with Crippen molar-refractivity contribution in [2.45, 2.75) is 59.8 Å². The number of unbranched alkanes of at least 4 members (excludes halogenated alkanes) is 1. The van der Waals surface area contributed by atoms with E-state index in [4.69, 9.17) is 5.26 Å². The third-order valence-electron chi connectivity index (χ3n) is 4.91. The summed E-state index contributed by atoms with van der Waals surface area (Å²) in [6.45, 7) is 10.7. The molecule has 4 nitrogen and oxygen atoms in total. The summed E-state index contributed by atoms with van der Waals surface area (Å²) in [5, 5.41) is 18.4. The minimum Gasteiger partial charge on any atom is -0.481 e. The van der Waals surface area contributed by atoms with Gasteiger partial charge in [0.15, 0.2) is 0 Å². The lowest BCUT2D eigenvalue weighted by molar-refractivity contribution is -0.151. The van der Waals surface area contributed by atoms with E-state index in [1.807, 2.05) is 27.7 Å². The van der Waals surface area contributed by atoms with Gasteiger partial charge in [-0.05, 0) is 72.4 Å². The van der Waals surface area contributed by atoms with Gasteiger partial charge in [-0.1, -0.05) is 6.42 Å². The molecule has 1 rings (SSSR count). The quantitative estimate of drug-likeness (QED) is 0.730. The SMILES string of the molecule is CC(C)(C#N)CCCCN1CCCC(C(C)(C)C(=O)O)C1. The van der Waals surface area contributed by atoms with Crippen LogP contribution in [0.4, 0.5) is 0 Å². The molecule has 4 heteroatoms. The van der Waals surface area contributed by atoms with Crippen LogP contribution in [0.15, 0.2) is 0 Å². The maximum Gasteiger partial charge on any atom is 0.309 e. The number of likely N-dealkylation sites (tertiary alicyclic amines) is 1. The number of carbonyl (C=O) groups is 1. The second-order valence-corrected chi connectivity index (χ2v) is 7.62. The molecule has 1 heterocycles. The molecule has 0 spiro atoms. The Kier molecular flexibility index (Phi) is 6.22. The molecule has 0 aromatic rings. The Hall–Kier alpha value is -1.08. The smallest absolute Gasteiger partial charge is 0.309 e. The van der Waals surface area contributed by atoms with Gasteiger partial charge in [-0.15, -0.1) is 0 Å². The first kappa shape index (κ1) is 18.0. The zero-order chi connectivity index (χ0) is 16.1. The lowest BCUT2D eigenvalue weighted by Gasteiger charge is -2.39. The third kappa shape index (κ3) is 5.32. The van der Waals surface area contributed by atoms with Crippen LogP contribution in [0.1, 0.15) is 59.8 Å². The van der Waals surface area contributed by atoms with E-state index in [9.17, 15) is 9.90 Å². The highest BCUT2D eigenvalue weighted by Crippen LogP contribution is 2.34. The van der Waals surface area contributed by atoms with E-state index >= 15 is 0 Å². The molecule has 120 valence electrons. The standard InChI is InChI=1S/C17H30N2O2/c1-16(2,13-18)9-5-6-10-19-11-7-8-14(12-19)17(3,4)15(20)21/h14H,5-12H2,1-4H3,(H,20,21).